The average Bonchev–Trinajstić information content (AvgIpc) is 2.57. The van der Waals surface area contributed by atoms with Crippen molar-refractivity contribution in [2.75, 3.05) is 18.5 Å². The maximum atomic E-state index is 9.08. The fraction of sp³-hybridized carbons (Fsp3) is 0.600. The number of aliphatic hydroxyl groups is 1. The van der Waals surface area contributed by atoms with Crippen molar-refractivity contribution in [1.82, 2.24) is 4.98 Å². The first-order valence-corrected chi connectivity index (χ1v) is 4.71. The number of aromatic nitrogens is 1. The van der Waals surface area contributed by atoms with Crippen LogP contribution in [0.5, 0.6) is 0 Å². The number of H-pyrrole nitrogens is 1. The topological polar surface area (TPSA) is 48.0 Å². The van der Waals surface area contributed by atoms with Gasteiger partial charge in [-0.05, 0) is 12.0 Å². The monoisotopic (exact) mass is 182 g/mol. The predicted octanol–water partition coefficient (Wildman–Crippen LogP) is 1.69. The summed E-state index contributed by atoms with van der Waals surface area (Å²) in [6.45, 7) is 5.32. The fourth-order valence-corrected chi connectivity index (χ4v) is 1.19. The molecule has 0 fully saturated rings. The molecule has 1 rings (SSSR count). The standard InChI is InChI=1S/C10H18N2O/c1-8(2)9(7-13)5-12-10-3-4-11-6-10/h3-4,6,8-9,11-13H,5,7H2,1-2H3. The number of rotatable bonds is 5. The van der Waals surface area contributed by atoms with E-state index in [-0.39, 0.29) is 6.61 Å². The van der Waals surface area contributed by atoms with Gasteiger partial charge < -0.3 is 15.4 Å². The SMILES string of the molecule is CC(C)C(CO)CNc1cc[nH]c1. The molecule has 13 heavy (non-hydrogen) atoms. The third-order valence-electron chi connectivity index (χ3n) is 2.34. The van der Waals surface area contributed by atoms with Crippen LogP contribution >= 0.6 is 0 Å². The molecule has 74 valence electrons. The molecule has 1 aromatic rings. The Morgan fingerprint density at radius 3 is 2.77 bits per heavy atom. The zero-order valence-electron chi connectivity index (χ0n) is 8.25. The second-order valence-corrected chi connectivity index (χ2v) is 3.67. The summed E-state index contributed by atoms with van der Waals surface area (Å²) in [6.07, 6.45) is 3.79. The van der Waals surface area contributed by atoms with E-state index in [0.717, 1.165) is 12.2 Å². The van der Waals surface area contributed by atoms with E-state index in [2.05, 4.69) is 24.1 Å². The van der Waals surface area contributed by atoms with Crippen molar-refractivity contribution in [1.29, 1.82) is 0 Å². The fourth-order valence-electron chi connectivity index (χ4n) is 1.19. The summed E-state index contributed by atoms with van der Waals surface area (Å²) in [5.74, 6) is 0.839. The highest BCUT2D eigenvalue weighted by Crippen LogP contribution is 2.11. The molecule has 1 atom stereocenters. The van der Waals surface area contributed by atoms with Crippen molar-refractivity contribution in [2.45, 2.75) is 13.8 Å². The third kappa shape index (κ3) is 3.11. The Morgan fingerprint density at radius 2 is 2.31 bits per heavy atom. The predicted molar refractivity (Wildman–Crippen MR) is 54.7 cm³/mol. The highest BCUT2D eigenvalue weighted by molar-refractivity contribution is 5.40. The number of hydrogen-bond acceptors (Lipinski definition) is 2. The third-order valence-corrected chi connectivity index (χ3v) is 2.34. The van der Waals surface area contributed by atoms with Crippen LogP contribution in [-0.4, -0.2) is 23.2 Å². The summed E-state index contributed by atoms with van der Waals surface area (Å²) in [6, 6.07) is 1.98. The molecule has 3 N–H and O–H groups in total. The van der Waals surface area contributed by atoms with Gasteiger partial charge in [-0.1, -0.05) is 13.8 Å². The first-order chi connectivity index (χ1) is 6.24. The Labute approximate surface area is 79.2 Å². The van der Waals surface area contributed by atoms with Crippen LogP contribution in [0.25, 0.3) is 0 Å². The maximum Gasteiger partial charge on any atom is 0.0517 e. The van der Waals surface area contributed by atoms with Gasteiger partial charge in [0.05, 0.1) is 5.69 Å². The molecule has 1 heterocycles. The van der Waals surface area contributed by atoms with Crippen molar-refractivity contribution < 1.29 is 5.11 Å². The Morgan fingerprint density at radius 1 is 1.54 bits per heavy atom. The average molecular weight is 182 g/mol. The molecule has 0 aliphatic rings. The Balaban J connectivity index is 2.32. The van der Waals surface area contributed by atoms with E-state index in [1.165, 1.54) is 0 Å². The summed E-state index contributed by atoms with van der Waals surface area (Å²) < 4.78 is 0. The molecule has 0 aliphatic carbocycles. The molecule has 0 saturated carbocycles. The second kappa shape index (κ2) is 4.92. The summed E-state index contributed by atoms with van der Waals surface area (Å²) >= 11 is 0. The second-order valence-electron chi connectivity index (χ2n) is 3.67. The number of hydrogen-bond donors (Lipinski definition) is 3. The van der Waals surface area contributed by atoms with E-state index < -0.39 is 0 Å². The van der Waals surface area contributed by atoms with E-state index in [1.54, 1.807) is 0 Å². The molecule has 0 amide bonds. The molecule has 0 radical (unpaired) electrons. The van der Waals surface area contributed by atoms with E-state index in [0.29, 0.717) is 11.8 Å². The number of aromatic amines is 1. The van der Waals surface area contributed by atoms with E-state index in [4.69, 9.17) is 5.11 Å². The molecule has 3 nitrogen and oxygen atoms in total. The molecule has 0 aromatic carbocycles. The van der Waals surface area contributed by atoms with Gasteiger partial charge in [-0.3, -0.25) is 0 Å². The van der Waals surface area contributed by atoms with Crippen LogP contribution < -0.4 is 5.32 Å². The van der Waals surface area contributed by atoms with Crippen molar-refractivity contribution in [3.63, 3.8) is 0 Å². The first kappa shape index (κ1) is 10.1. The minimum absolute atomic E-state index is 0.245. The van der Waals surface area contributed by atoms with E-state index >= 15 is 0 Å². The van der Waals surface area contributed by atoms with Crippen LogP contribution in [0.15, 0.2) is 18.5 Å². The zero-order valence-corrected chi connectivity index (χ0v) is 8.25. The number of anilines is 1. The minimum atomic E-state index is 0.245. The maximum absolute atomic E-state index is 9.08. The quantitative estimate of drug-likeness (QED) is 0.649. The van der Waals surface area contributed by atoms with Gasteiger partial charge >= 0.3 is 0 Å². The van der Waals surface area contributed by atoms with Crippen molar-refractivity contribution >= 4 is 5.69 Å². The summed E-state index contributed by atoms with van der Waals surface area (Å²) in [7, 11) is 0. The van der Waals surface area contributed by atoms with Gasteiger partial charge in [-0.15, -0.1) is 0 Å². The van der Waals surface area contributed by atoms with Crippen molar-refractivity contribution in [3.05, 3.63) is 18.5 Å². The Kier molecular flexibility index (Phi) is 3.83. The lowest BCUT2D eigenvalue weighted by Gasteiger charge is -2.18. The van der Waals surface area contributed by atoms with E-state index in [9.17, 15) is 0 Å². The van der Waals surface area contributed by atoms with Crippen LogP contribution in [0.3, 0.4) is 0 Å². The van der Waals surface area contributed by atoms with Crippen LogP contribution in [0, 0.1) is 11.8 Å². The van der Waals surface area contributed by atoms with Gasteiger partial charge in [0.1, 0.15) is 0 Å². The van der Waals surface area contributed by atoms with E-state index in [1.807, 2.05) is 18.5 Å². The summed E-state index contributed by atoms with van der Waals surface area (Å²) in [5, 5.41) is 12.3. The zero-order chi connectivity index (χ0) is 9.68. The Hall–Kier alpha value is -0.960. The van der Waals surface area contributed by atoms with Crippen LogP contribution in [0.4, 0.5) is 5.69 Å². The molecule has 0 bridgehead atoms. The highest BCUT2D eigenvalue weighted by atomic mass is 16.3. The summed E-state index contributed by atoms with van der Waals surface area (Å²) in [5.41, 5.74) is 1.08. The normalized spacial score (nSPS) is 13.2. The van der Waals surface area contributed by atoms with Crippen molar-refractivity contribution in [2.24, 2.45) is 11.8 Å². The van der Waals surface area contributed by atoms with Crippen molar-refractivity contribution in [3.8, 4) is 0 Å². The molecule has 0 saturated heterocycles. The lowest BCUT2D eigenvalue weighted by Crippen LogP contribution is -2.22. The molecule has 3 heteroatoms. The minimum Gasteiger partial charge on any atom is -0.396 e. The van der Waals surface area contributed by atoms with Gasteiger partial charge in [0.25, 0.3) is 0 Å². The number of aliphatic hydroxyl groups excluding tert-OH is 1. The van der Waals surface area contributed by atoms with Gasteiger partial charge in [-0.2, -0.15) is 0 Å². The lowest BCUT2D eigenvalue weighted by atomic mass is 9.97. The largest absolute Gasteiger partial charge is 0.396 e. The number of nitrogens with one attached hydrogen (secondary N) is 2. The van der Waals surface area contributed by atoms with Gasteiger partial charge in [0, 0.05) is 31.5 Å². The van der Waals surface area contributed by atoms with Crippen LogP contribution in [-0.2, 0) is 0 Å². The first-order valence-electron chi connectivity index (χ1n) is 4.71. The Bertz CT molecular complexity index is 219. The molecule has 1 aromatic heterocycles. The molecule has 0 spiro atoms. The molecule has 0 aliphatic heterocycles. The molecular formula is C10H18N2O. The van der Waals surface area contributed by atoms with Gasteiger partial charge in [-0.25, -0.2) is 0 Å². The van der Waals surface area contributed by atoms with Gasteiger partial charge in [0.2, 0.25) is 0 Å². The van der Waals surface area contributed by atoms with Crippen LogP contribution in [0.1, 0.15) is 13.8 Å². The molecular weight excluding hydrogens is 164 g/mol. The summed E-state index contributed by atoms with van der Waals surface area (Å²) in [4.78, 5) is 2.98. The lowest BCUT2D eigenvalue weighted by molar-refractivity contribution is 0.198. The van der Waals surface area contributed by atoms with Crippen LogP contribution in [0.2, 0.25) is 0 Å². The molecule has 1 unspecified atom stereocenters. The highest BCUT2D eigenvalue weighted by Gasteiger charge is 2.11. The smallest absolute Gasteiger partial charge is 0.0517 e. The van der Waals surface area contributed by atoms with Gasteiger partial charge in [0.15, 0.2) is 0 Å².